The highest BCUT2D eigenvalue weighted by atomic mass is 127. The SMILES string of the molecule is CCNC(=NCc1ccc(CN2CCC(O)CC2)cc1)NCCc1ccccc1.I. The molecule has 0 saturated carbocycles. The number of aliphatic imine (C=N–C) groups is 1. The van der Waals surface area contributed by atoms with E-state index in [1.165, 1.54) is 16.7 Å². The van der Waals surface area contributed by atoms with Crippen molar-refractivity contribution >= 4 is 29.9 Å². The Kier molecular flexibility index (Phi) is 11.2. The molecule has 1 fully saturated rings. The van der Waals surface area contributed by atoms with E-state index in [-0.39, 0.29) is 30.1 Å². The molecule has 6 heteroatoms. The smallest absolute Gasteiger partial charge is 0.191 e. The first-order chi connectivity index (χ1) is 14.2. The van der Waals surface area contributed by atoms with E-state index in [0.29, 0.717) is 6.54 Å². The third kappa shape index (κ3) is 8.62. The molecule has 1 heterocycles. The number of nitrogens with zero attached hydrogens (tertiary/aromatic N) is 2. The minimum Gasteiger partial charge on any atom is -0.393 e. The summed E-state index contributed by atoms with van der Waals surface area (Å²) in [6, 6.07) is 19.2. The molecule has 0 unspecified atom stereocenters. The van der Waals surface area contributed by atoms with Crippen molar-refractivity contribution in [1.29, 1.82) is 0 Å². The number of guanidine groups is 1. The van der Waals surface area contributed by atoms with Gasteiger partial charge in [0, 0.05) is 32.7 Å². The standard InChI is InChI=1S/C24H34N4O.HI/c1-2-25-24(26-15-12-20-6-4-3-5-7-20)27-18-21-8-10-22(11-9-21)19-28-16-13-23(29)14-17-28;/h3-11,23,29H,2,12-19H2,1H3,(H2,25,26,27);1H. The van der Waals surface area contributed by atoms with E-state index in [2.05, 4.69) is 71.0 Å². The van der Waals surface area contributed by atoms with Gasteiger partial charge in [-0.1, -0.05) is 54.6 Å². The van der Waals surface area contributed by atoms with Crippen molar-refractivity contribution in [3.8, 4) is 0 Å². The lowest BCUT2D eigenvalue weighted by Crippen LogP contribution is -2.38. The predicted octanol–water partition coefficient (Wildman–Crippen LogP) is 3.56. The van der Waals surface area contributed by atoms with Gasteiger partial charge < -0.3 is 15.7 Å². The average molecular weight is 522 g/mol. The number of likely N-dealkylation sites (tertiary alicyclic amines) is 1. The summed E-state index contributed by atoms with van der Waals surface area (Å²) in [5.74, 6) is 0.861. The van der Waals surface area contributed by atoms with Gasteiger partial charge in [-0.3, -0.25) is 4.90 Å². The number of aliphatic hydroxyl groups is 1. The first-order valence-corrected chi connectivity index (χ1v) is 10.8. The summed E-state index contributed by atoms with van der Waals surface area (Å²) in [6.07, 6.45) is 2.64. The van der Waals surface area contributed by atoms with Gasteiger partial charge in [0.05, 0.1) is 12.6 Å². The van der Waals surface area contributed by atoms with Crippen molar-refractivity contribution in [2.75, 3.05) is 26.2 Å². The molecule has 1 saturated heterocycles. The van der Waals surface area contributed by atoms with Crippen LogP contribution < -0.4 is 10.6 Å². The Morgan fingerprint density at radius 3 is 2.30 bits per heavy atom. The van der Waals surface area contributed by atoms with E-state index >= 15 is 0 Å². The van der Waals surface area contributed by atoms with Crippen LogP contribution in [0.15, 0.2) is 59.6 Å². The highest BCUT2D eigenvalue weighted by Gasteiger charge is 2.16. The molecule has 30 heavy (non-hydrogen) atoms. The molecule has 2 aromatic rings. The summed E-state index contributed by atoms with van der Waals surface area (Å²) >= 11 is 0. The molecule has 0 amide bonds. The number of hydrogen-bond acceptors (Lipinski definition) is 3. The van der Waals surface area contributed by atoms with Gasteiger partial charge >= 0.3 is 0 Å². The maximum absolute atomic E-state index is 9.63. The minimum absolute atomic E-state index is 0. The van der Waals surface area contributed by atoms with Gasteiger partial charge in [-0.2, -0.15) is 0 Å². The van der Waals surface area contributed by atoms with Crippen LogP contribution in [0.3, 0.4) is 0 Å². The quantitative estimate of drug-likeness (QED) is 0.282. The molecule has 0 bridgehead atoms. The molecule has 1 aliphatic rings. The first-order valence-electron chi connectivity index (χ1n) is 10.8. The van der Waals surface area contributed by atoms with Gasteiger partial charge in [-0.15, -0.1) is 24.0 Å². The van der Waals surface area contributed by atoms with Gasteiger partial charge in [-0.05, 0) is 42.9 Å². The van der Waals surface area contributed by atoms with Gasteiger partial charge in [0.25, 0.3) is 0 Å². The van der Waals surface area contributed by atoms with E-state index < -0.39 is 0 Å². The van der Waals surface area contributed by atoms with Crippen LogP contribution in [0.25, 0.3) is 0 Å². The Morgan fingerprint density at radius 2 is 1.63 bits per heavy atom. The molecule has 3 N–H and O–H groups in total. The van der Waals surface area contributed by atoms with Crippen LogP contribution in [0.4, 0.5) is 0 Å². The number of aliphatic hydroxyl groups excluding tert-OH is 1. The van der Waals surface area contributed by atoms with Gasteiger partial charge in [0.1, 0.15) is 0 Å². The van der Waals surface area contributed by atoms with Gasteiger partial charge in [0.2, 0.25) is 0 Å². The van der Waals surface area contributed by atoms with Crippen molar-refractivity contribution in [1.82, 2.24) is 15.5 Å². The molecule has 0 aliphatic carbocycles. The third-order valence-electron chi connectivity index (χ3n) is 5.30. The molecule has 0 aromatic heterocycles. The Morgan fingerprint density at radius 1 is 0.967 bits per heavy atom. The second kappa shape index (κ2) is 13.6. The van der Waals surface area contributed by atoms with Gasteiger partial charge in [0.15, 0.2) is 5.96 Å². The highest BCUT2D eigenvalue weighted by Crippen LogP contribution is 2.14. The Hall–Kier alpha value is -1.64. The fourth-order valence-electron chi connectivity index (χ4n) is 3.57. The number of piperidine rings is 1. The summed E-state index contributed by atoms with van der Waals surface area (Å²) in [5, 5.41) is 16.4. The minimum atomic E-state index is -0.112. The van der Waals surface area contributed by atoms with E-state index in [9.17, 15) is 5.11 Å². The van der Waals surface area contributed by atoms with Crippen LogP contribution in [0.2, 0.25) is 0 Å². The summed E-state index contributed by atoms with van der Waals surface area (Å²) in [4.78, 5) is 7.14. The monoisotopic (exact) mass is 522 g/mol. The normalized spacial score (nSPS) is 15.5. The Bertz CT molecular complexity index is 744. The van der Waals surface area contributed by atoms with Crippen molar-refractivity contribution in [2.45, 2.75) is 45.4 Å². The molecule has 2 aromatic carbocycles. The fourth-order valence-corrected chi connectivity index (χ4v) is 3.57. The number of benzene rings is 2. The lowest BCUT2D eigenvalue weighted by Gasteiger charge is -2.29. The summed E-state index contributed by atoms with van der Waals surface area (Å²) in [7, 11) is 0. The number of nitrogens with one attached hydrogen (secondary N) is 2. The zero-order valence-corrected chi connectivity index (χ0v) is 20.2. The molecule has 164 valence electrons. The van der Waals surface area contributed by atoms with Crippen LogP contribution in [-0.2, 0) is 19.5 Å². The zero-order chi connectivity index (χ0) is 20.3. The van der Waals surface area contributed by atoms with Crippen LogP contribution >= 0.6 is 24.0 Å². The fraction of sp³-hybridized carbons (Fsp3) is 0.458. The van der Waals surface area contributed by atoms with Crippen molar-refractivity contribution in [3.63, 3.8) is 0 Å². The predicted molar refractivity (Wildman–Crippen MR) is 135 cm³/mol. The molecule has 0 spiro atoms. The van der Waals surface area contributed by atoms with Crippen molar-refractivity contribution < 1.29 is 5.11 Å². The van der Waals surface area contributed by atoms with Crippen LogP contribution in [0.5, 0.6) is 0 Å². The number of halogens is 1. The number of rotatable bonds is 8. The first kappa shape index (κ1) is 24.6. The molecule has 0 atom stereocenters. The number of hydrogen-bond donors (Lipinski definition) is 3. The molecule has 5 nitrogen and oxygen atoms in total. The molecule has 1 aliphatic heterocycles. The average Bonchev–Trinajstić information content (AvgIpc) is 2.75. The largest absolute Gasteiger partial charge is 0.393 e. The third-order valence-corrected chi connectivity index (χ3v) is 5.30. The molecule has 0 radical (unpaired) electrons. The second-order valence-corrected chi connectivity index (χ2v) is 7.68. The Balaban J connectivity index is 0.00000320. The van der Waals surface area contributed by atoms with Gasteiger partial charge in [-0.25, -0.2) is 4.99 Å². The summed E-state index contributed by atoms with van der Waals surface area (Å²) in [6.45, 7) is 7.38. The van der Waals surface area contributed by atoms with Crippen LogP contribution in [0.1, 0.15) is 36.5 Å². The maximum atomic E-state index is 9.63. The molecular formula is C24H35IN4O. The van der Waals surface area contributed by atoms with Crippen molar-refractivity contribution in [2.24, 2.45) is 4.99 Å². The van der Waals surface area contributed by atoms with E-state index in [4.69, 9.17) is 4.99 Å². The maximum Gasteiger partial charge on any atom is 0.191 e. The van der Waals surface area contributed by atoms with Crippen LogP contribution in [-0.4, -0.2) is 48.2 Å². The Labute approximate surface area is 198 Å². The highest BCUT2D eigenvalue weighted by molar-refractivity contribution is 14.0. The molecule has 3 rings (SSSR count). The van der Waals surface area contributed by atoms with Crippen LogP contribution in [0, 0.1) is 0 Å². The van der Waals surface area contributed by atoms with E-state index in [1.807, 2.05) is 6.07 Å². The summed E-state index contributed by atoms with van der Waals surface area (Å²) in [5.41, 5.74) is 3.86. The summed E-state index contributed by atoms with van der Waals surface area (Å²) < 4.78 is 0. The zero-order valence-electron chi connectivity index (χ0n) is 17.9. The lowest BCUT2D eigenvalue weighted by molar-refractivity contribution is 0.0792. The second-order valence-electron chi connectivity index (χ2n) is 7.68. The van der Waals surface area contributed by atoms with E-state index in [0.717, 1.165) is 57.9 Å². The topological polar surface area (TPSA) is 59.9 Å². The lowest BCUT2D eigenvalue weighted by atomic mass is 10.1. The van der Waals surface area contributed by atoms with E-state index in [1.54, 1.807) is 0 Å². The van der Waals surface area contributed by atoms with Crippen molar-refractivity contribution in [3.05, 3.63) is 71.3 Å². The molecular weight excluding hydrogens is 487 g/mol.